The maximum Gasteiger partial charge on any atom is 0.405 e. The molecule has 3 rings (SSSR count). The van der Waals surface area contributed by atoms with Gasteiger partial charge < -0.3 is 10.4 Å². The van der Waals surface area contributed by atoms with Gasteiger partial charge in [0.1, 0.15) is 0 Å². The number of rotatable bonds is 4. The third-order valence-corrected chi connectivity index (χ3v) is 4.66. The number of nitrogens with one attached hydrogen (secondary N) is 1. The standard InChI is InChI=1S/C18H17N3O4/c19-10-12-4-1-3-11(9-12)7-8-21-16(22)13-5-2-6-14(20-18(24)25)15(13)17(21)23/h1-4,6,9,13-15,20H,5,7-8H2,(H,24,25). The minimum atomic E-state index is -1.22. The summed E-state index contributed by atoms with van der Waals surface area (Å²) < 4.78 is 0. The molecule has 1 aliphatic carbocycles. The van der Waals surface area contributed by atoms with Crippen LogP contribution < -0.4 is 5.32 Å². The molecule has 0 radical (unpaired) electrons. The average Bonchev–Trinajstić information content (AvgIpc) is 2.84. The first-order chi connectivity index (χ1) is 12.0. The Kier molecular flexibility index (Phi) is 4.52. The Bertz CT molecular complexity index is 796. The van der Waals surface area contributed by atoms with Gasteiger partial charge in [-0.3, -0.25) is 14.5 Å². The molecule has 2 aliphatic rings. The quantitative estimate of drug-likeness (QED) is 0.634. The number of carboxylic acid groups (broad SMARTS) is 1. The summed E-state index contributed by atoms with van der Waals surface area (Å²) in [6, 6.07) is 8.40. The topological polar surface area (TPSA) is 110 Å². The number of amides is 3. The predicted octanol–water partition coefficient (Wildman–Crippen LogP) is 1.30. The SMILES string of the molecule is N#Cc1cccc(CCN2C(=O)C3CC=CC(NC(=O)O)C3C2=O)c1. The van der Waals surface area contributed by atoms with Gasteiger partial charge in [-0.2, -0.15) is 5.26 Å². The fraction of sp³-hybridized carbons (Fsp3) is 0.333. The van der Waals surface area contributed by atoms with Crippen LogP contribution >= 0.6 is 0 Å². The van der Waals surface area contributed by atoms with Crippen LogP contribution in [0.2, 0.25) is 0 Å². The number of nitrogens with zero attached hydrogens (tertiary/aromatic N) is 2. The van der Waals surface area contributed by atoms with E-state index in [-0.39, 0.29) is 18.4 Å². The van der Waals surface area contributed by atoms with Crippen molar-refractivity contribution in [2.45, 2.75) is 18.9 Å². The lowest BCUT2D eigenvalue weighted by molar-refractivity contribution is -0.139. The number of fused-ring (bicyclic) bond motifs is 1. The van der Waals surface area contributed by atoms with Crippen LogP contribution in [0.4, 0.5) is 4.79 Å². The number of hydrogen-bond donors (Lipinski definition) is 2. The molecule has 0 bridgehead atoms. The number of allylic oxidation sites excluding steroid dienone is 1. The van der Waals surface area contributed by atoms with Gasteiger partial charge in [-0.05, 0) is 30.5 Å². The maximum atomic E-state index is 12.7. The third-order valence-electron chi connectivity index (χ3n) is 4.66. The Labute approximate surface area is 144 Å². The van der Waals surface area contributed by atoms with Gasteiger partial charge >= 0.3 is 6.09 Å². The molecule has 1 aromatic carbocycles. The van der Waals surface area contributed by atoms with Gasteiger partial charge in [0.2, 0.25) is 11.8 Å². The lowest BCUT2D eigenvalue weighted by atomic mass is 9.81. The second kappa shape index (κ2) is 6.77. The van der Waals surface area contributed by atoms with Crippen molar-refractivity contribution >= 4 is 17.9 Å². The number of likely N-dealkylation sites (tertiary alicyclic amines) is 1. The van der Waals surface area contributed by atoms with Gasteiger partial charge in [0.15, 0.2) is 0 Å². The van der Waals surface area contributed by atoms with E-state index in [4.69, 9.17) is 10.4 Å². The number of hydrogen-bond acceptors (Lipinski definition) is 4. The average molecular weight is 339 g/mol. The van der Waals surface area contributed by atoms with E-state index in [1.165, 1.54) is 4.90 Å². The molecule has 3 unspecified atom stereocenters. The first kappa shape index (κ1) is 16.7. The second-order valence-corrected chi connectivity index (χ2v) is 6.16. The summed E-state index contributed by atoms with van der Waals surface area (Å²) in [7, 11) is 0. The molecule has 1 aliphatic heterocycles. The van der Waals surface area contributed by atoms with E-state index in [2.05, 4.69) is 11.4 Å². The molecule has 0 aromatic heterocycles. The molecule has 1 aromatic rings. The van der Waals surface area contributed by atoms with Crippen LogP contribution in [0, 0.1) is 23.2 Å². The van der Waals surface area contributed by atoms with Crippen molar-refractivity contribution in [3.8, 4) is 6.07 Å². The first-order valence-corrected chi connectivity index (χ1v) is 8.01. The molecule has 1 heterocycles. The Balaban J connectivity index is 1.73. The van der Waals surface area contributed by atoms with E-state index in [1.54, 1.807) is 30.4 Å². The molecule has 128 valence electrons. The summed E-state index contributed by atoms with van der Waals surface area (Å²) in [4.78, 5) is 37.4. The molecular weight excluding hydrogens is 322 g/mol. The van der Waals surface area contributed by atoms with E-state index >= 15 is 0 Å². The molecular formula is C18H17N3O4. The Hall–Kier alpha value is -3.14. The molecule has 25 heavy (non-hydrogen) atoms. The van der Waals surface area contributed by atoms with Crippen molar-refractivity contribution < 1.29 is 19.5 Å². The summed E-state index contributed by atoms with van der Waals surface area (Å²) in [6.07, 6.45) is 3.06. The number of carbonyl (C=O) groups is 3. The summed E-state index contributed by atoms with van der Waals surface area (Å²) in [5, 5.41) is 20.2. The fourth-order valence-electron chi connectivity index (χ4n) is 3.50. The van der Waals surface area contributed by atoms with Crippen LogP contribution in [0.1, 0.15) is 17.5 Å². The number of nitriles is 1. The van der Waals surface area contributed by atoms with Crippen molar-refractivity contribution in [2.75, 3.05) is 6.54 Å². The molecule has 2 N–H and O–H groups in total. The molecule has 3 atom stereocenters. The summed E-state index contributed by atoms with van der Waals surface area (Å²) in [6.45, 7) is 0.222. The Morgan fingerprint density at radius 2 is 2.16 bits per heavy atom. The highest BCUT2D eigenvalue weighted by atomic mass is 16.4. The van der Waals surface area contributed by atoms with E-state index in [0.717, 1.165) is 5.56 Å². The molecule has 0 spiro atoms. The van der Waals surface area contributed by atoms with Crippen molar-refractivity contribution in [1.82, 2.24) is 10.2 Å². The Morgan fingerprint density at radius 1 is 1.36 bits per heavy atom. The number of carbonyl (C=O) groups excluding carboxylic acids is 2. The molecule has 3 amide bonds. The van der Waals surface area contributed by atoms with Crippen LogP contribution in [-0.4, -0.2) is 40.5 Å². The molecule has 0 saturated carbocycles. The van der Waals surface area contributed by atoms with Gasteiger partial charge in [0.25, 0.3) is 0 Å². The van der Waals surface area contributed by atoms with E-state index in [1.807, 2.05) is 6.07 Å². The smallest absolute Gasteiger partial charge is 0.405 e. The van der Waals surface area contributed by atoms with Gasteiger partial charge in [0.05, 0.1) is 29.5 Å². The highest BCUT2D eigenvalue weighted by Gasteiger charge is 2.51. The fourth-order valence-corrected chi connectivity index (χ4v) is 3.50. The van der Waals surface area contributed by atoms with Gasteiger partial charge in [0, 0.05) is 6.54 Å². The summed E-state index contributed by atoms with van der Waals surface area (Å²) in [5.74, 6) is -1.79. The van der Waals surface area contributed by atoms with Gasteiger partial charge in [-0.15, -0.1) is 0 Å². The van der Waals surface area contributed by atoms with Crippen LogP contribution in [-0.2, 0) is 16.0 Å². The van der Waals surface area contributed by atoms with Crippen molar-refractivity contribution in [2.24, 2.45) is 11.8 Å². The molecule has 7 nitrogen and oxygen atoms in total. The van der Waals surface area contributed by atoms with Gasteiger partial charge in [-0.1, -0.05) is 24.3 Å². The molecule has 1 fully saturated rings. The van der Waals surface area contributed by atoms with Crippen LogP contribution in [0.15, 0.2) is 36.4 Å². The zero-order valence-electron chi connectivity index (χ0n) is 13.4. The summed E-state index contributed by atoms with van der Waals surface area (Å²) in [5.41, 5.74) is 1.40. The zero-order chi connectivity index (χ0) is 18.0. The Morgan fingerprint density at radius 3 is 2.88 bits per heavy atom. The third kappa shape index (κ3) is 3.24. The van der Waals surface area contributed by atoms with Crippen LogP contribution in [0.5, 0.6) is 0 Å². The van der Waals surface area contributed by atoms with Crippen molar-refractivity contribution in [3.63, 3.8) is 0 Å². The summed E-state index contributed by atoms with van der Waals surface area (Å²) >= 11 is 0. The highest BCUT2D eigenvalue weighted by Crippen LogP contribution is 2.35. The van der Waals surface area contributed by atoms with Crippen LogP contribution in [0.3, 0.4) is 0 Å². The second-order valence-electron chi connectivity index (χ2n) is 6.16. The lowest BCUT2D eigenvalue weighted by Crippen LogP contribution is -2.45. The van der Waals surface area contributed by atoms with Crippen LogP contribution in [0.25, 0.3) is 0 Å². The van der Waals surface area contributed by atoms with E-state index in [9.17, 15) is 14.4 Å². The minimum Gasteiger partial charge on any atom is -0.465 e. The largest absolute Gasteiger partial charge is 0.465 e. The number of imide groups is 1. The lowest BCUT2D eigenvalue weighted by Gasteiger charge is -2.25. The molecule has 1 saturated heterocycles. The minimum absolute atomic E-state index is 0.222. The van der Waals surface area contributed by atoms with Crippen molar-refractivity contribution in [3.05, 3.63) is 47.5 Å². The maximum absolute atomic E-state index is 12.7. The normalized spacial score (nSPS) is 24.8. The predicted molar refractivity (Wildman–Crippen MR) is 87.3 cm³/mol. The van der Waals surface area contributed by atoms with E-state index < -0.39 is 24.0 Å². The van der Waals surface area contributed by atoms with Crippen molar-refractivity contribution in [1.29, 1.82) is 5.26 Å². The van der Waals surface area contributed by atoms with Gasteiger partial charge in [-0.25, -0.2) is 4.79 Å². The first-order valence-electron chi connectivity index (χ1n) is 8.01. The monoisotopic (exact) mass is 339 g/mol. The zero-order valence-corrected chi connectivity index (χ0v) is 13.4. The van der Waals surface area contributed by atoms with E-state index in [0.29, 0.717) is 18.4 Å². The highest BCUT2D eigenvalue weighted by molar-refractivity contribution is 6.06. The number of benzene rings is 1. The molecule has 7 heteroatoms.